The van der Waals surface area contributed by atoms with Crippen LogP contribution in [-0.4, -0.2) is 13.1 Å². The summed E-state index contributed by atoms with van der Waals surface area (Å²) in [5, 5.41) is 7.18. The van der Waals surface area contributed by atoms with Crippen molar-refractivity contribution in [3.05, 3.63) is 59.2 Å². The molecule has 2 atom stereocenters. The van der Waals surface area contributed by atoms with E-state index < -0.39 is 0 Å². The second-order valence-corrected chi connectivity index (χ2v) is 10.2. The van der Waals surface area contributed by atoms with Crippen molar-refractivity contribution < 1.29 is 0 Å². The van der Waals surface area contributed by atoms with E-state index in [1.807, 2.05) is 0 Å². The van der Waals surface area contributed by atoms with Crippen molar-refractivity contribution in [3.8, 4) is 0 Å². The van der Waals surface area contributed by atoms with Crippen LogP contribution in [0.1, 0.15) is 82.4 Å². The third-order valence-electron chi connectivity index (χ3n) is 7.69. The average Bonchev–Trinajstić information content (AvgIpc) is 3.37. The molecule has 0 amide bonds. The first-order valence-electron chi connectivity index (χ1n) is 11.6. The van der Waals surface area contributed by atoms with Gasteiger partial charge in [0.2, 0.25) is 0 Å². The fourth-order valence-electron chi connectivity index (χ4n) is 5.43. The molecule has 0 saturated carbocycles. The van der Waals surface area contributed by atoms with Gasteiger partial charge < -0.3 is 10.6 Å². The summed E-state index contributed by atoms with van der Waals surface area (Å²) in [4.78, 5) is 0. The SMILES string of the molecule is CCCCC(C)(CCC(C)(C)c1ccc2c(c1)CCN2)C1CNc2ccccc21. The van der Waals surface area contributed by atoms with Crippen LogP contribution in [0.4, 0.5) is 11.4 Å². The van der Waals surface area contributed by atoms with E-state index in [4.69, 9.17) is 0 Å². The zero-order valence-electron chi connectivity index (χ0n) is 18.8. The molecule has 156 valence electrons. The third kappa shape index (κ3) is 4.04. The average molecular weight is 391 g/mol. The first-order chi connectivity index (χ1) is 13.9. The summed E-state index contributed by atoms with van der Waals surface area (Å²) < 4.78 is 0. The smallest absolute Gasteiger partial charge is 0.0376 e. The summed E-state index contributed by atoms with van der Waals surface area (Å²) >= 11 is 0. The summed E-state index contributed by atoms with van der Waals surface area (Å²) in [6.07, 6.45) is 7.58. The van der Waals surface area contributed by atoms with E-state index in [2.05, 4.69) is 80.8 Å². The Hall–Kier alpha value is -1.96. The Morgan fingerprint density at radius 2 is 1.76 bits per heavy atom. The van der Waals surface area contributed by atoms with E-state index in [-0.39, 0.29) is 5.41 Å². The molecule has 29 heavy (non-hydrogen) atoms. The van der Waals surface area contributed by atoms with E-state index >= 15 is 0 Å². The topological polar surface area (TPSA) is 24.1 Å². The van der Waals surface area contributed by atoms with Crippen LogP contribution >= 0.6 is 0 Å². The van der Waals surface area contributed by atoms with Gasteiger partial charge in [0.15, 0.2) is 0 Å². The number of fused-ring (bicyclic) bond motifs is 2. The van der Waals surface area contributed by atoms with E-state index in [1.54, 1.807) is 0 Å². The maximum absolute atomic E-state index is 3.68. The van der Waals surface area contributed by atoms with Gasteiger partial charge in [-0.25, -0.2) is 0 Å². The molecule has 2 N–H and O–H groups in total. The van der Waals surface area contributed by atoms with Gasteiger partial charge in [-0.05, 0) is 65.3 Å². The Balaban J connectivity index is 1.54. The molecule has 0 bridgehead atoms. The van der Waals surface area contributed by atoms with Crippen LogP contribution < -0.4 is 10.6 Å². The van der Waals surface area contributed by atoms with Crippen molar-refractivity contribution in [1.82, 2.24) is 0 Å². The second kappa shape index (κ2) is 8.05. The second-order valence-electron chi connectivity index (χ2n) is 10.2. The first kappa shape index (κ1) is 20.3. The molecule has 2 heterocycles. The Bertz CT molecular complexity index is 853. The molecule has 0 aliphatic carbocycles. The summed E-state index contributed by atoms with van der Waals surface area (Å²) in [6.45, 7) is 11.9. The molecule has 4 rings (SSSR count). The Morgan fingerprint density at radius 3 is 2.59 bits per heavy atom. The zero-order valence-corrected chi connectivity index (χ0v) is 18.8. The lowest BCUT2D eigenvalue weighted by Crippen LogP contribution is -2.30. The van der Waals surface area contributed by atoms with Gasteiger partial charge >= 0.3 is 0 Å². The van der Waals surface area contributed by atoms with Crippen molar-refractivity contribution >= 4 is 11.4 Å². The molecule has 0 radical (unpaired) electrons. The van der Waals surface area contributed by atoms with Gasteiger partial charge in [-0.2, -0.15) is 0 Å². The molecule has 0 fully saturated rings. The van der Waals surface area contributed by atoms with E-state index in [0.717, 1.165) is 19.5 Å². The highest BCUT2D eigenvalue weighted by atomic mass is 14.9. The molecule has 0 saturated heterocycles. The molecule has 2 aromatic carbocycles. The number of hydrogen-bond donors (Lipinski definition) is 2. The van der Waals surface area contributed by atoms with Crippen LogP contribution in [0.25, 0.3) is 0 Å². The predicted molar refractivity (Wildman–Crippen MR) is 126 cm³/mol. The Morgan fingerprint density at radius 1 is 0.931 bits per heavy atom. The number of benzene rings is 2. The summed E-state index contributed by atoms with van der Waals surface area (Å²) in [5.41, 5.74) is 7.77. The monoisotopic (exact) mass is 390 g/mol. The molecule has 2 aliphatic rings. The van der Waals surface area contributed by atoms with E-state index in [1.165, 1.54) is 60.2 Å². The van der Waals surface area contributed by atoms with E-state index in [9.17, 15) is 0 Å². The lowest BCUT2D eigenvalue weighted by Gasteiger charge is -2.39. The molecule has 2 unspecified atom stereocenters. The Labute approximate surface area is 177 Å². The molecular formula is C27H38N2. The molecule has 2 nitrogen and oxygen atoms in total. The molecule has 2 aromatic rings. The van der Waals surface area contributed by atoms with Crippen LogP contribution in [0.15, 0.2) is 42.5 Å². The fraction of sp³-hybridized carbons (Fsp3) is 0.556. The molecule has 2 aliphatic heterocycles. The lowest BCUT2D eigenvalue weighted by molar-refractivity contribution is 0.193. The van der Waals surface area contributed by atoms with Crippen LogP contribution in [0, 0.1) is 5.41 Å². The van der Waals surface area contributed by atoms with E-state index in [0.29, 0.717) is 11.3 Å². The lowest BCUT2D eigenvalue weighted by atomic mass is 9.65. The van der Waals surface area contributed by atoms with Gasteiger partial charge in [0.05, 0.1) is 0 Å². The number of hydrogen-bond acceptors (Lipinski definition) is 2. The summed E-state index contributed by atoms with van der Waals surface area (Å²) in [6, 6.07) is 16.1. The maximum atomic E-state index is 3.68. The minimum Gasteiger partial charge on any atom is -0.384 e. The van der Waals surface area contributed by atoms with Gasteiger partial charge in [0, 0.05) is 30.4 Å². The van der Waals surface area contributed by atoms with Gasteiger partial charge in [0.1, 0.15) is 0 Å². The highest BCUT2D eigenvalue weighted by Crippen LogP contribution is 2.50. The van der Waals surface area contributed by atoms with Crippen LogP contribution in [0.2, 0.25) is 0 Å². The minimum atomic E-state index is 0.205. The molecule has 0 spiro atoms. The van der Waals surface area contributed by atoms with Gasteiger partial charge in [-0.15, -0.1) is 0 Å². The minimum absolute atomic E-state index is 0.205. The third-order valence-corrected chi connectivity index (χ3v) is 7.69. The zero-order chi connectivity index (χ0) is 20.5. The summed E-state index contributed by atoms with van der Waals surface area (Å²) in [7, 11) is 0. The number of rotatable bonds is 8. The van der Waals surface area contributed by atoms with Gasteiger partial charge in [0.25, 0.3) is 0 Å². The van der Waals surface area contributed by atoms with Crippen LogP contribution in [0.3, 0.4) is 0 Å². The van der Waals surface area contributed by atoms with Crippen molar-refractivity contribution in [2.75, 3.05) is 23.7 Å². The Kier molecular flexibility index (Phi) is 5.64. The predicted octanol–water partition coefficient (Wildman–Crippen LogP) is 7.12. The number of unbranched alkanes of at least 4 members (excludes halogenated alkanes) is 1. The number of anilines is 2. The molecule has 0 aromatic heterocycles. The van der Waals surface area contributed by atoms with Crippen molar-refractivity contribution in [1.29, 1.82) is 0 Å². The number of para-hydroxylation sites is 1. The van der Waals surface area contributed by atoms with Crippen molar-refractivity contribution in [2.45, 2.75) is 77.6 Å². The maximum Gasteiger partial charge on any atom is 0.0376 e. The first-order valence-corrected chi connectivity index (χ1v) is 11.6. The van der Waals surface area contributed by atoms with Crippen LogP contribution in [-0.2, 0) is 11.8 Å². The van der Waals surface area contributed by atoms with Crippen LogP contribution in [0.5, 0.6) is 0 Å². The molecule has 2 heteroatoms. The molecular weight excluding hydrogens is 352 g/mol. The standard InChI is InChI=1S/C27H38N2/c1-5-6-14-27(4,23-19-29-25-10-8-7-9-22(23)25)16-15-26(2,3)21-11-12-24-20(18-21)13-17-28-24/h7-12,18,23,28-29H,5-6,13-17,19H2,1-4H3. The van der Waals surface area contributed by atoms with Gasteiger partial charge in [-0.3, -0.25) is 0 Å². The largest absolute Gasteiger partial charge is 0.384 e. The van der Waals surface area contributed by atoms with Gasteiger partial charge in [-0.1, -0.05) is 70.9 Å². The number of nitrogens with one attached hydrogen (secondary N) is 2. The highest BCUT2D eigenvalue weighted by molar-refractivity contribution is 5.58. The normalized spacial score (nSPS) is 19.8. The fourth-order valence-corrected chi connectivity index (χ4v) is 5.43. The highest BCUT2D eigenvalue weighted by Gasteiger charge is 2.39. The quantitative estimate of drug-likeness (QED) is 0.501. The summed E-state index contributed by atoms with van der Waals surface area (Å²) in [5.74, 6) is 0.616. The van der Waals surface area contributed by atoms with Crippen molar-refractivity contribution in [2.24, 2.45) is 5.41 Å². The van der Waals surface area contributed by atoms with Crippen molar-refractivity contribution in [3.63, 3.8) is 0 Å².